The quantitative estimate of drug-likeness (QED) is 0.587. The first-order valence-electron chi connectivity index (χ1n) is 13.0. The number of carbonyl (C=O) groups is 2. The largest absolute Gasteiger partial charge is 0.507 e. The van der Waals surface area contributed by atoms with Gasteiger partial charge in [0.25, 0.3) is 11.8 Å². The highest BCUT2D eigenvalue weighted by molar-refractivity contribution is 6.01. The third-order valence-electron chi connectivity index (χ3n) is 8.20. The van der Waals surface area contributed by atoms with E-state index in [1.807, 2.05) is 23.1 Å². The standard InChI is InChI=1S/C28H33N5O3/c1-31-8-10-32(11-9-31)27(35)19-6-7-20-16-33(17-21(20)13-19)28(36)23-14-22-24(12-18-4-2-3-5-18)29-30-25(22)15-26(23)34/h6-7,13-15,18,34H,2-5,8-12,16-17H2,1H3,(H,29,30). The first kappa shape index (κ1) is 23.0. The highest BCUT2D eigenvalue weighted by Crippen LogP contribution is 2.33. The van der Waals surface area contributed by atoms with Crippen LogP contribution in [0.4, 0.5) is 0 Å². The Morgan fingerprint density at radius 1 is 0.972 bits per heavy atom. The monoisotopic (exact) mass is 487 g/mol. The van der Waals surface area contributed by atoms with Gasteiger partial charge in [-0.3, -0.25) is 14.7 Å². The van der Waals surface area contributed by atoms with Crippen LogP contribution in [0.2, 0.25) is 0 Å². The number of carbonyl (C=O) groups excluding carboxylic acids is 2. The van der Waals surface area contributed by atoms with Gasteiger partial charge < -0.3 is 19.8 Å². The summed E-state index contributed by atoms with van der Waals surface area (Å²) in [5.41, 5.74) is 4.75. The van der Waals surface area contributed by atoms with E-state index in [9.17, 15) is 14.7 Å². The summed E-state index contributed by atoms with van der Waals surface area (Å²) >= 11 is 0. The van der Waals surface area contributed by atoms with Gasteiger partial charge in [-0.05, 0) is 48.7 Å². The second-order valence-electron chi connectivity index (χ2n) is 10.7. The minimum atomic E-state index is -0.203. The molecule has 2 aromatic carbocycles. The van der Waals surface area contributed by atoms with Crippen molar-refractivity contribution >= 4 is 22.7 Å². The molecular formula is C28H33N5O3. The van der Waals surface area contributed by atoms with Crippen molar-refractivity contribution in [2.45, 2.75) is 45.2 Å². The summed E-state index contributed by atoms with van der Waals surface area (Å²) in [6, 6.07) is 9.18. The number of benzene rings is 2. The Kier molecular flexibility index (Phi) is 5.91. The number of phenols is 1. The van der Waals surface area contributed by atoms with E-state index in [1.54, 1.807) is 17.0 Å². The molecule has 2 fully saturated rings. The fourth-order valence-corrected chi connectivity index (χ4v) is 5.96. The zero-order chi connectivity index (χ0) is 24.8. The number of phenolic OH excluding ortho intramolecular Hbond substituents is 1. The molecule has 2 amide bonds. The van der Waals surface area contributed by atoms with Gasteiger partial charge in [0.1, 0.15) is 5.75 Å². The molecule has 188 valence electrons. The van der Waals surface area contributed by atoms with Gasteiger partial charge in [0, 0.05) is 56.3 Å². The Balaban J connectivity index is 1.20. The molecule has 3 aliphatic rings. The SMILES string of the molecule is CN1CCN(C(=O)c2ccc3c(c2)CN(C(=O)c2cc4c(CC5CCCC5)n[nH]c4cc2O)C3)CC1. The number of aromatic hydroxyl groups is 1. The lowest BCUT2D eigenvalue weighted by atomic mass is 9.99. The zero-order valence-electron chi connectivity index (χ0n) is 20.8. The molecule has 36 heavy (non-hydrogen) atoms. The molecule has 3 aromatic rings. The summed E-state index contributed by atoms with van der Waals surface area (Å²) in [6.45, 7) is 4.12. The van der Waals surface area contributed by atoms with Gasteiger partial charge in [-0.25, -0.2) is 0 Å². The number of H-pyrrole nitrogens is 1. The lowest BCUT2D eigenvalue weighted by molar-refractivity contribution is 0.0663. The van der Waals surface area contributed by atoms with Crippen LogP contribution in [0.3, 0.4) is 0 Å². The number of likely N-dealkylation sites (N-methyl/N-ethyl adjacent to an activating group) is 1. The minimum Gasteiger partial charge on any atom is -0.507 e. The number of fused-ring (bicyclic) bond motifs is 2. The van der Waals surface area contributed by atoms with Crippen LogP contribution in [0.5, 0.6) is 5.75 Å². The van der Waals surface area contributed by atoms with E-state index < -0.39 is 0 Å². The Labute approximate surface area is 210 Å². The van der Waals surface area contributed by atoms with Crippen molar-refractivity contribution < 1.29 is 14.7 Å². The maximum absolute atomic E-state index is 13.5. The van der Waals surface area contributed by atoms with Gasteiger partial charge in [0.2, 0.25) is 0 Å². The van der Waals surface area contributed by atoms with Crippen LogP contribution in [0.1, 0.15) is 63.2 Å². The average molecular weight is 488 g/mol. The Hall–Kier alpha value is -3.39. The number of nitrogens with zero attached hydrogens (tertiary/aromatic N) is 4. The Bertz CT molecular complexity index is 1320. The van der Waals surface area contributed by atoms with E-state index in [-0.39, 0.29) is 17.6 Å². The first-order chi connectivity index (χ1) is 17.5. The van der Waals surface area contributed by atoms with Gasteiger partial charge in [-0.2, -0.15) is 5.10 Å². The van der Waals surface area contributed by atoms with Crippen molar-refractivity contribution in [3.8, 4) is 5.75 Å². The maximum Gasteiger partial charge on any atom is 0.258 e. The van der Waals surface area contributed by atoms with E-state index >= 15 is 0 Å². The van der Waals surface area contributed by atoms with Crippen LogP contribution in [0, 0.1) is 5.92 Å². The van der Waals surface area contributed by atoms with Gasteiger partial charge in [0.15, 0.2) is 0 Å². The molecule has 3 heterocycles. The van der Waals surface area contributed by atoms with Crippen molar-refractivity contribution in [1.29, 1.82) is 0 Å². The van der Waals surface area contributed by atoms with E-state index in [0.29, 0.717) is 30.1 Å². The lowest BCUT2D eigenvalue weighted by Gasteiger charge is -2.32. The number of hydrogen-bond acceptors (Lipinski definition) is 5. The first-order valence-corrected chi connectivity index (χ1v) is 13.0. The molecule has 0 atom stereocenters. The summed E-state index contributed by atoms with van der Waals surface area (Å²) in [5, 5.41) is 19.1. The van der Waals surface area contributed by atoms with E-state index in [1.165, 1.54) is 25.7 Å². The molecule has 6 rings (SSSR count). The normalized spacial score (nSPS) is 18.8. The van der Waals surface area contributed by atoms with Crippen molar-refractivity contribution in [3.63, 3.8) is 0 Å². The molecule has 1 saturated heterocycles. The lowest BCUT2D eigenvalue weighted by Crippen LogP contribution is -2.47. The summed E-state index contributed by atoms with van der Waals surface area (Å²) in [4.78, 5) is 32.4. The van der Waals surface area contributed by atoms with Gasteiger partial charge in [-0.1, -0.05) is 31.7 Å². The third kappa shape index (κ3) is 4.23. The summed E-state index contributed by atoms with van der Waals surface area (Å²) in [7, 11) is 2.07. The average Bonchev–Trinajstić information content (AvgIpc) is 3.63. The number of aromatic nitrogens is 2. The fourth-order valence-electron chi connectivity index (χ4n) is 5.96. The predicted octanol–water partition coefficient (Wildman–Crippen LogP) is 3.54. The number of amides is 2. The van der Waals surface area contributed by atoms with Crippen LogP contribution in [-0.2, 0) is 19.5 Å². The molecule has 8 nitrogen and oxygen atoms in total. The van der Waals surface area contributed by atoms with Gasteiger partial charge in [-0.15, -0.1) is 0 Å². The topological polar surface area (TPSA) is 92.8 Å². The second kappa shape index (κ2) is 9.24. The highest BCUT2D eigenvalue weighted by Gasteiger charge is 2.29. The highest BCUT2D eigenvalue weighted by atomic mass is 16.3. The van der Waals surface area contributed by atoms with Gasteiger partial charge >= 0.3 is 0 Å². The number of nitrogens with one attached hydrogen (secondary N) is 1. The van der Waals surface area contributed by atoms with Crippen molar-refractivity contribution in [2.24, 2.45) is 5.92 Å². The van der Waals surface area contributed by atoms with E-state index in [0.717, 1.165) is 60.3 Å². The second-order valence-corrected chi connectivity index (χ2v) is 10.7. The van der Waals surface area contributed by atoms with Crippen molar-refractivity contribution in [1.82, 2.24) is 24.9 Å². The number of rotatable bonds is 4. The van der Waals surface area contributed by atoms with E-state index in [4.69, 9.17) is 0 Å². The third-order valence-corrected chi connectivity index (χ3v) is 8.20. The molecule has 1 saturated carbocycles. The number of hydrogen-bond donors (Lipinski definition) is 2. The van der Waals surface area contributed by atoms with Crippen LogP contribution >= 0.6 is 0 Å². The van der Waals surface area contributed by atoms with Gasteiger partial charge in [0.05, 0.1) is 16.8 Å². The molecule has 0 radical (unpaired) electrons. The Morgan fingerprint density at radius 3 is 2.50 bits per heavy atom. The fraction of sp³-hybridized carbons (Fsp3) is 0.464. The Morgan fingerprint density at radius 2 is 1.72 bits per heavy atom. The smallest absolute Gasteiger partial charge is 0.258 e. The van der Waals surface area contributed by atoms with Crippen molar-refractivity contribution in [3.05, 3.63) is 58.3 Å². The molecule has 2 N–H and O–H groups in total. The van der Waals surface area contributed by atoms with Crippen LogP contribution in [0.25, 0.3) is 10.9 Å². The zero-order valence-corrected chi connectivity index (χ0v) is 20.8. The summed E-state index contributed by atoms with van der Waals surface area (Å²) < 4.78 is 0. The van der Waals surface area contributed by atoms with Crippen LogP contribution in [0.15, 0.2) is 30.3 Å². The van der Waals surface area contributed by atoms with Crippen molar-refractivity contribution in [2.75, 3.05) is 33.2 Å². The molecule has 1 aromatic heterocycles. The maximum atomic E-state index is 13.5. The molecule has 0 bridgehead atoms. The minimum absolute atomic E-state index is 0.0366. The summed E-state index contributed by atoms with van der Waals surface area (Å²) in [6.07, 6.45) is 5.90. The molecule has 8 heteroatoms. The van der Waals surface area contributed by atoms with E-state index in [2.05, 4.69) is 22.1 Å². The predicted molar refractivity (Wildman–Crippen MR) is 137 cm³/mol. The molecule has 0 spiro atoms. The number of piperazine rings is 1. The summed E-state index contributed by atoms with van der Waals surface area (Å²) in [5.74, 6) is 0.449. The van der Waals surface area contributed by atoms with Crippen LogP contribution in [-0.4, -0.2) is 75.0 Å². The molecule has 0 unspecified atom stereocenters. The van der Waals surface area contributed by atoms with Crippen LogP contribution < -0.4 is 0 Å². The number of aromatic amines is 1. The molecular weight excluding hydrogens is 454 g/mol. The molecule has 1 aliphatic carbocycles. The molecule has 2 aliphatic heterocycles.